The van der Waals surface area contributed by atoms with Crippen LogP contribution in [0, 0.1) is 0 Å². The average Bonchev–Trinajstić information content (AvgIpc) is 2.59. The third-order valence-electron chi connectivity index (χ3n) is 2.37. The molecule has 80 valence electrons. The Balaban J connectivity index is 1.99. The third kappa shape index (κ3) is 3.91. The van der Waals surface area contributed by atoms with Crippen LogP contribution in [0.25, 0.3) is 0 Å². The summed E-state index contributed by atoms with van der Waals surface area (Å²) in [6.07, 6.45) is 8.21. The van der Waals surface area contributed by atoms with Crippen LogP contribution in [0.2, 0.25) is 0 Å². The predicted octanol–water partition coefficient (Wildman–Crippen LogP) is 3.18. The monoisotopic (exact) mass is 197 g/mol. The highest BCUT2D eigenvalue weighted by atomic mass is 15.6. The fourth-order valence-corrected chi connectivity index (χ4v) is 1.48. The average molecular weight is 197 g/mol. The van der Waals surface area contributed by atoms with E-state index in [0.717, 1.165) is 12.8 Å². The van der Waals surface area contributed by atoms with Crippen molar-refractivity contribution in [3.8, 4) is 0 Å². The summed E-state index contributed by atoms with van der Waals surface area (Å²) in [5.41, 5.74) is 5.78. The van der Waals surface area contributed by atoms with Crippen molar-refractivity contribution >= 4 is 0 Å². The number of hydrogen-bond acceptors (Lipinski definition) is 5. The van der Waals surface area contributed by atoms with Gasteiger partial charge in [0.25, 0.3) is 0 Å². The van der Waals surface area contributed by atoms with E-state index < -0.39 is 5.79 Å². The minimum Gasteiger partial charge on any atom is -0.285 e. The summed E-state index contributed by atoms with van der Waals surface area (Å²) >= 11 is 0. The first kappa shape index (κ1) is 11.2. The smallest absolute Gasteiger partial charge is 0.244 e. The molecule has 0 saturated carbocycles. The molecular formula is C9H19N5. The quantitative estimate of drug-likeness (QED) is 0.625. The molecule has 2 N–H and O–H groups in total. The van der Waals surface area contributed by atoms with Gasteiger partial charge in [-0.2, -0.15) is 0 Å². The Labute approximate surface area is 84.9 Å². The zero-order valence-electron chi connectivity index (χ0n) is 8.82. The lowest BCUT2D eigenvalue weighted by Gasteiger charge is -2.12. The van der Waals surface area contributed by atoms with Crippen LogP contribution in [0.1, 0.15) is 51.9 Å². The number of nitrogens with two attached hydrogens (primary N) is 1. The Hall–Kier alpha value is -0.840. The Morgan fingerprint density at radius 3 is 2.14 bits per heavy atom. The van der Waals surface area contributed by atoms with E-state index >= 15 is 0 Å². The minimum atomic E-state index is -0.843. The van der Waals surface area contributed by atoms with Crippen LogP contribution >= 0.6 is 0 Å². The van der Waals surface area contributed by atoms with Gasteiger partial charge in [0.05, 0.1) is 0 Å². The first-order valence-electron chi connectivity index (χ1n) is 5.40. The maximum absolute atomic E-state index is 5.78. The molecule has 1 heterocycles. The number of rotatable bonds is 7. The zero-order chi connectivity index (χ0) is 10.3. The summed E-state index contributed by atoms with van der Waals surface area (Å²) in [5.74, 6) is -0.843. The maximum atomic E-state index is 5.78. The summed E-state index contributed by atoms with van der Waals surface area (Å²) in [7, 11) is 0. The van der Waals surface area contributed by atoms with E-state index in [4.69, 9.17) is 5.73 Å². The van der Waals surface area contributed by atoms with Crippen LogP contribution < -0.4 is 5.73 Å². The molecule has 14 heavy (non-hydrogen) atoms. The molecule has 1 aliphatic rings. The number of hydrogen-bond donors (Lipinski definition) is 1. The summed E-state index contributed by atoms with van der Waals surface area (Å²) < 4.78 is 0. The van der Waals surface area contributed by atoms with Gasteiger partial charge in [-0.1, -0.05) is 39.0 Å². The van der Waals surface area contributed by atoms with Gasteiger partial charge in [-0.05, 0) is 16.9 Å². The van der Waals surface area contributed by atoms with Crippen molar-refractivity contribution in [2.45, 2.75) is 57.7 Å². The number of nitrogens with zero attached hydrogens (tertiary/aromatic N) is 4. The predicted molar refractivity (Wildman–Crippen MR) is 54.6 cm³/mol. The second-order valence-corrected chi connectivity index (χ2v) is 3.78. The van der Waals surface area contributed by atoms with Crippen LogP contribution in [0.5, 0.6) is 0 Å². The van der Waals surface area contributed by atoms with Crippen molar-refractivity contribution in [2.75, 3.05) is 0 Å². The summed E-state index contributed by atoms with van der Waals surface area (Å²) in [4.78, 5) is 0. The Kier molecular flexibility index (Phi) is 4.65. The van der Waals surface area contributed by atoms with Crippen LogP contribution in [-0.2, 0) is 0 Å². The molecule has 0 aliphatic carbocycles. The fraction of sp³-hybridized carbons (Fsp3) is 1.00. The van der Waals surface area contributed by atoms with Crippen molar-refractivity contribution in [1.82, 2.24) is 0 Å². The molecule has 0 unspecified atom stereocenters. The van der Waals surface area contributed by atoms with Crippen molar-refractivity contribution in [2.24, 2.45) is 26.4 Å². The molecule has 0 amide bonds. The Morgan fingerprint density at radius 1 is 0.929 bits per heavy atom. The molecule has 0 spiro atoms. The second-order valence-electron chi connectivity index (χ2n) is 3.78. The fourth-order valence-electron chi connectivity index (χ4n) is 1.48. The molecular weight excluding hydrogens is 178 g/mol. The maximum Gasteiger partial charge on any atom is 0.244 e. The van der Waals surface area contributed by atoms with E-state index in [-0.39, 0.29) is 0 Å². The lowest BCUT2D eigenvalue weighted by molar-refractivity contribution is 0.400. The van der Waals surface area contributed by atoms with Crippen LogP contribution in [0.3, 0.4) is 0 Å². The van der Waals surface area contributed by atoms with Gasteiger partial charge >= 0.3 is 0 Å². The SMILES string of the molecule is CCCCCCCCC1(N)N=NN=N1. The molecule has 0 aromatic carbocycles. The van der Waals surface area contributed by atoms with Crippen LogP contribution in [0.15, 0.2) is 20.7 Å². The standard InChI is InChI=1S/C9H19N5/c1-2-3-4-5-6-7-8-9(10)11-13-14-12-9/h2-8,10H2,1H3. The molecule has 1 aliphatic heterocycles. The van der Waals surface area contributed by atoms with Gasteiger partial charge in [0.1, 0.15) is 0 Å². The highest BCUT2D eigenvalue weighted by Crippen LogP contribution is 2.21. The van der Waals surface area contributed by atoms with Crippen LogP contribution in [-0.4, -0.2) is 5.79 Å². The Bertz CT molecular complexity index is 199. The highest BCUT2D eigenvalue weighted by Gasteiger charge is 2.26. The van der Waals surface area contributed by atoms with Gasteiger partial charge in [0, 0.05) is 6.42 Å². The largest absolute Gasteiger partial charge is 0.285 e. The van der Waals surface area contributed by atoms with Crippen molar-refractivity contribution in [3.63, 3.8) is 0 Å². The number of unbranched alkanes of at least 4 members (excludes halogenated alkanes) is 5. The molecule has 5 heteroatoms. The van der Waals surface area contributed by atoms with E-state index in [1.54, 1.807) is 0 Å². The lowest BCUT2D eigenvalue weighted by Crippen LogP contribution is -2.32. The van der Waals surface area contributed by atoms with Gasteiger partial charge in [-0.15, -0.1) is 10.2 Å². The van der Waals surface area contributed by atoms with E-state index in [1.165, 1.54) is 32.1 Å². The lowest BCUT2D eigenvalue weighted by atomic mass is 10.1. The van der Waals surface area contributed by atoms with Crippen molar-refractivity contribution in [3.05, 3.63) is 0 Å². The van der Waals surface area contributed by atoms with Gasteiger partial charge < -0.3 is 0 Å². The van der Waals surface area contributed by atoms with Crippen LogP contribution in [0.4, 0.5) is 0 Å². The molecule has 0 aromatic rings. The molecule has 5 nitrogen and oxygen atoms in total. The van der Waals surface area contributed by atoms with E-state index in [0.29, 0.717) is 0 Å². The molecule has 0 aromatic heterocycles. The topological polar surface area (TPSA) is 75.5 Å². The van der Waals surface area contributed by atoms with E-state index in [1.807, 2.05) is 0 Å². The second kappa shape index (κ2) is 5.80. The first-order chi connectivity index (χ1) is 6.77. The molecule has 0 saturated heterocycles. The van der Waals surface area contributed by atoms with Crippen molar-refractivity contribution in [1.29, 1.82) is 0 Å². The molecule has 0 radical (unpaired) electrons. The zero-order valence-corrected chi connectivity index (χ0v) is 8.82. The summed E-state index contributed by atoms with van der Waals surface area (Å²) in [5, 5.41) is 14.4. The summed E-state index contributed by atoms with van der Waals surface area (Å²) in [6.45, 7) is 2.22. The van der Waals surface area contributed by atoms with Crippen molar-refractivity contribution < 1.29 is 0 Å². The molecule has 1 rings (SSSR count). The molecule has 0 fully saturated rings. The first-order valence-corrected chi connectivity index (χ1v) is 5.40. The van der Waals surface area contributed by atoms with Gasteiger partial charge in [-0.3, -0.25) is 5.73 Å². The Morgan fingerprint density at radius 2 is 1.50 bits per heavy atom. The van der Waals surface area contributed by atoms with E-state index in [9.17, 15) is 0 Å². The minimum absolute atomic E-state index is 0.756. The van der Waals surface area contributed by atoms with E-state index in [2.05, 4.69) is 27.6 Å². The van der Waals surface area contributed by atoms with Gasteiger partial charge in [0.15, 0.2) is 0 Å². The summed E-state index contributed by atoms with van der Waals surface area (Å²) in [6, 6.07) is 0. The third-order valence-corrected chi connectivity index (χ3v) is 2.37. The molecule has 0 bridgehead atoms. The van der Waals surface area contributed by atoms with Gasteiger partial charge in [0.2, 0.25) is 5.79 Å². The normalized spacial score (nSPS) is 17.9. The highest BCUT2D eigenvalue weighted by molar-refractivity contribution is 4.76. The van der Waals surface area contributed by atoms with Gasteiger partial charge in [-0.25, -0.2) is 0 Å². The molecule has 0 atom stereocenters.